The lowest BCUT2D eigenvalue weighted by molar-refractivity contribution is 0.112. The molecule has 0 aliphatic carbocycles. The first-order chi connectivity index (χ1) is 10.2. The van der Waals surface area contributed by atoms with Crippen molar-refractivity contribution < 1.29 is 4.79 Å². The van der Waals surface area contributed by atoms with Gasteiger partial charge in [-0.2, -0.15) is 5.10 Å². The lowest BCUT2D eigenvalue weighted by atomic mass is 10.1. The Kier molecular flexibility index (Phi) is 3.73. The minimum atomic E-state index is 0.450. The summed E-state index contributed by atoms with van der Waals surface area (Å²) < 4.78 is 1.62. The van der Waals surface area contributed by atoms with E-state index in [-0.39, 0.29) is 0 Å². The SMILES string of the molecule is O=Cc1cn(-c2ccncc2)nc1-c1ccc(Cl)cc1Cl. The van der Waals surface area contributed by atoms with E-state index in [0.717, 1.165) is 12.0 Å². The first kappa shape index (κ1) is 13.8. The fraction of sp³-hybridized carbons (Fsp3) is 0. The Morgan fingerprint density at radius 1 is 1.10 bits per heavy atom. The smallest absolute Gasteiger partial charge is 0.153 e. The van der Waals surface area contributed by atoms with Gasteiger partial charge in [-0.05, 0) is 30.3 Å². The summed E-state index contributed by atoms with van der Waals surface area (Å²) in [5.74, 6) is 0. The average molecular weight is 318 g/mol. The topological polar surface area (TPSA) is 47.8 Å². The van der Waals surface area contributed by atoms with Crippen LogP contribution in [0.4, 0.5) is 0 Å². The molecule has 6 heteroatoms. The normalized spacial score (nSPS) is 10.6. The second kappa shape index (κ2) is 5.68. The van der Waals surface area contributed by atoms with Crippen molar-refractivity contribution in [1.29, 1.82) is 0 Å². The Bertz CT molecular complexity index is 800. The van der Waals surface area contributed by atoms with Gasteiger partial charge in [0.15, 0.2) is 6.29 Å². The highest BCUT2D eigenvalue weighted by Gasteiger charge is 2.14. The van der Waals surface area contributed by atoms with Crippen molar-refractivity contribution >= 4 is 29.5 Å². The lowest BCUT2D eigenvalue weighted by Crippen LogP contribution is -1.94. The minimum Gasteiger partial charge on any atom is -0.298 e. The number of benzene rings is 1. The molecular weight excluding hydrogens is 309 g/mol. The molecule has 0 fully saturated rings. The van der Waals surface area contributed by atoms with Gasteiger partial charge in [0, 0.05) is 29.2 Å². The van der Waals surface area contributed by atoms with Gasteiger partial charge >= 0.3 is 0 Å². The molecule has 0 bridgehead atoms. The highest BCUT2D eigenvalue weighted by Crippen LogP contribution is 2.31. The molecule has 0 saturated carbocycles. The number of carbonyl (C=O) groups excluding carboxylic acids is 1. The second-order valence-electron chi connectivity index (χ2n) is 4.33. The zero-order chi connectivity index (χ0) is 14.8. The number of hydrogen-bond acceptors (Lipinski definition) is 3. The van der Waals surface area contributed by atoms with Crippen LogP contribution in [0.5, 0.6) is 0 Å². The van der Waals surface area contributed by atoms with Crippen LogP contribution in [0.15, 0.2) is 48.9 Å². The molecule has 3 aromatic rings. The summed E-state index contributed by atoms with van der Waals surface area (Å²) in [6.07, 6.45) is 5.73. The fourth-order valence-corrected chi connectivity index (χ4v) is 2.49. The first-order valence-electron chi connectivity index (χ1n) is 6.09. The highest BCUT2D eigenvalue weighted by atomic mass is 35.5. The van der Waals surface area contributed by atoms with Gasteiger partial charge in [-0.1, -0.05) is 23.2 Å². The van der Waals surface area contributed by atoms with Crippen LogP contribution in [0.3, 0.4) is 0 Å². The molecule has 0 radical (unpaired) electrons. The fourth-order valence-electron chi connectivity index (χ4n) is 1.99. The van der Waals surface area contributed by atoms with Crippen LogP contribution in [-0.2, 0) is 0 Å². The van der Waals surface area contributed by atoms with Gasteiger partial charge in [-0.15, -0.1) is 0 Å². The summed E-state index contributed by atoms with van der Waals surface area (Å²) in [6, 6.07) is 8.68. The molecule has 0 unspecified atom stereocenters. The summed E-state index contributed by atoms with van der Waals surface area (Å²) in [5.41, 5.74) is 2.44. The number of halogens is 2. The Hall–Kier alpha value is -2.17. The van der Waals surface area contributed by atoms with Crippen molar-refractivity contribution in [2.24, 2.45) is 0 Å². The maximum atomic E-state index is 11.3. The van der Waals surface area contributed by atoms with E-state index in [0.29, 0.717) is 26.9 Å². The number of rotatable bonds is 3. The van der Waals surface area contributed by atoms with Gasteiger partial charge < -0.3 is 0 Å². The Balaban J connectivity index is 2.15. The van der Waals surface area contributed by atoms with Gasteiger partial charge in [0.1, 0.15) is 5.69 Å². The van der Waals surface area contributed by atoms with Crippen molar-refractivity contribution in [2.75, 3.05) is 0 Å². The largest absolute Gasteiger partial charge is 0.298 e. The van der Waals surface area contributed by atoms with E-state index in [1.54, 1.807) is 53.6 Å². The van der Waals surface area contributed by atoms with Crippen LogP contribution in [-0.4, -0.2) is 21.1 Å². The molecule has 3 rings (SSSR count). The third-order valence-corrected chi connectivity index (χ3v) is 3.53. The van der Waals surface area contributed by atoms with Crippen LogP contribution < -0.4 is 0 Å². The molecule has 1 aromatic carbocycles. The summed E-state index contributed by atoms with van der Waals surface area (Å²) in [6.45, 7) is 0. The molecule has 0 N–H and O–H groups in total. The molecule has 0 spiro atoms. The molecular formula is C15H9Cl2N3O. The van der Waals surface area contributed by atoms with Crippen LogP contribution in [0, 0.1) is 0 Å². The number of carbonyl (C=O) groups is 1. The maximum Gasteiger partial charge on any atom is 0.153 e. The molecule has 21 heavy (non-hydrogen) atoms. The summed E-state index contributed by atoms with van der Waals surface area (Å²) in [7, 11) is 0. The monoisotopic (exact) mass is 317 g/mol. The summed E-state index contributed by atoms with van der Waals surface area (Å²) in [4.78, 5) is 15.2. The number of aromatic nitrogens is 3. The molecule has 0 amide bonds. The van der Waals surface area contributed by atoms with Crippen molar-refractivity contribution in [1.82, 2.24) is 14.8 Å². The Morgan fingerprint density at radius 2 is 1.86 bits per heavy atom. The van der Waals surface area contributed by atoms with E-state index in [9.17, 15) is 4.79 Å². The molecule has 0 aliphatic rings. The van der Waals surface area contributed by atoms with Crippen molar-refractivity contribution in [3.05, 3.63) is 64.5 Å². The summed E-state index contributed by atoms with van der Waals surface area (Å²) >= 11 is 12.1. The van der Waals surface area contributed by atoms with E-state index in [1.165, 1.54) is 0 Å². The third kappa shape index (κ3) is 2.68. The van der Waals surface area contributed by atoms with Crippen LogP contribution >= 0.6 is 23.2 Å². The molecule has 0 saturated heterocycles. The predicted octanol–water partition coefficient (Wildman–Crippen LogP) is 4.05. The van der Waals surface area contributed by atoms with Crippen LogP contribution in [0.2, 0.25) is 10.0 Å². The lowest BCUT2D eigenvalue weighted by Gasteiger charge is -2.02. The van der Waals surface area contributed by atoms with Gasteiger partial charge in [0.2, 0.25) is 0 Å². The standard InChI is InChI=1S/C15H9Cl2N3O/c16-11-1-2-13(14(17)7-11)15-10(9-21)8-20(19-15)12-3-5-18-6-4-12/h1-9H. The number of hydrogen-bond donors (Lipinski definition) is 0. The molecule has 2 aromatic heterocycles. The third-order valence-electron chi connectivity index (χ3n) is 2.98. The first-order valence-corrected chi connectivity index (χ1v) is 6.85. The van der Waals surface area contributed by atoms with Gasteiger partial charge in [0.05, 0.1) is 16.3 Å². The van der Waals surface area contributed by atoms with Crippen molar-refractivity contribution in [3.63, 3.8) is 0 Å². The molecule has 2 heterocycles. The molecule has 0 atom stereocenters. The molecule has 4 nitrogen and oxygen atoms in total. The van der Waals surface area contributed by atoms with Gasteiger partial charge in [-0.3, -0.25) is 9.78 Å². The van der Waals surface area contributed by atoms with Gasteiger partial charge in [0.25, 0.3) is 0 Å². The zero-order valence-electron chi connectivity index (χ0n) is 10.7. The van der Waals surface area contributed by atoms with E-state index in [4.69, 9.17) is 23.2 Å². The predicted molar refractivity (Wildman–Crippen MR) is 82.2 cm³/mol. The van der Waals surface area contributed by atoms with Crippen molar-refractivity contribution in [3.8, 4) is 16.9 Å². The Morgan fingerprint density at radius 3 is 2.52 bits per heavy atom. The van der Waals surface area contributed by atoms with E-state index in [1.807, 2.05) is 0 Å². The summed E-state index contributed by atoms with van der Waals surface area (Å²) in [5, 5.41) is 5.42. The van der Waals surface area contributed by atoms with Crippen LogP contribution in [0.25, 0.3) is 16.9 Å². The maximum absolute atomic E-state index is 11.3. The van der Waals surface area contributed by atoms with E-state index >= 15 is 0 Å². The number of pyridine rings is 1. The second-order valence-corrected chi connectivity index (χ2v) is 5.17. The van der Waals surface area contributed by atoms with Crippen molar-refractivity contribution in [2.45, 2.75) is 0 Å². The van der Waals surface area contributed by atoms with Gasteiger partial charge in [-0.25, -0.2) is 4.68 Å². The Labute approximate surface area is 131 Å². The average Bonchev–Trinajstić information content (AvgIpc) is 2.92. The van der Waals surface area contributed by atoms with E-state index in [2.05, 4.69) is 10.1 Å². The minimum absolute atomic E-state index is 0.450. The number of aldehydes is 1. The zero-order valence-corrected chi connectivity index (χ0v) is 12.2. The highest BCUT2D eigenvalue weighted by molar-refractivity contribution is 6.36. The molecule has 104 valence electrons. The van der Waals surface area contributed by atoms with E-state index < -0.39 is 0 Å². The molecule has 0 aliphatic heterocycles. The quantitative estimate of drug-likeness (QED) is 0.684. The number of nitrogens with zero attached hydrogens (tertiary/aromatic N) is 3. The van der Waals surface area contributed by atoms with Crippen LogP contribution in [0.1, 0.15) is 10.4 Å².